The summed E-state index contributed by atoms with van der Waals surface area (Å²) in [5.41, 5.74) is 2.17. The maximum atomic E-state index is 12.0. The van der Waals surface area contributed by atoms with Crippen molar-refractivity contribution in [2.24, 2.45) is 0 Å². The Morgan fingerprint density at radius 3 is 2.93 bits per heavy atom. The molecule has 3 rings (SSSR count). The van der Waals surface area contributed by atoms with Crippen molar-refractivity contribution < 1.29 is 14.3 Å². The van der Waals surface area contributed by atoms with Crippen LogP contribution < -0.4 is 0 Å². The smallest absolute Gasteiger partial charge is 0.333 e. The van der Waals surface area contributed by atoms with Crippen molar-refractivity contribution in [3.05, 3.63) is 40.9 Å². The molecule has 27 heavy (non-hydrogen) atoms. The van der Waals surface area contributed by atoms with Gasteiger partial charge in [-0.3, -0.25) is 9.89 Å². The molecule has 142 valence electrons. The first-order valence-electron chi connectivity index (χ1n) is 8.50. The monoisotopic (exact) mass is 404 g/mol. The minimum atomic E-state index is -0.427. The highest BCUT2D eigenvalue weighted by Gasteiger charge is 2.27. The van der Waals surface area contributed by atoms with E-state index >= 15 is 0 Å². The van der Waals surface area contributed by atoms with E-state index in [9.17, 15) is 9.59 Å². The fourth-order valence-electron chi connectivity index (χ4n) is 2.43. The van der Waals surface area contributed by atoms with E-state index < -0.39 is 5.97 Å². The van der Waals surface area contributed by atoms with E-state index in [1.165, 1.54) is 35.2 Å². The Hall–Kier alpha value is -2.26. The largest absolute Gasteiger partial charge is 0.463 e. The van der Waals surface area contributed by atoms with E-state index in [2.05, 4.69) is 15.2 Å². The molecule has 1 aromatic carbocycles. The number of aromatic amines is 1. The van der Waals surface area contributed by atoms with Crippen LogP contribution in [-0.2, 0) is 14.3 Å². The minimum Gasteiger partial charge on any atom is -0.463 e. The van der Waals surface area contributed by atoms with Crippen molar-refractivity contribution in [2.45, 2.75) is 19.0 Å². The van der Waals surface area contributed by atoms with Crippen LogP contribution in [0.4, 0.5) is 0 Å². The number of rotatable bonds is 7. The van der Waals surface area contributed by atoms with Crippen molar-refractivity contribution in [1.29, 1.82) is 0 Å². The molecular formula is C18H20N4O3S2. The third kappa shape index (κ3) is 5.14. The number of H-pyrrole nitrogens is 1. The summed E-state index contributed by atoms with van der Waals surface area (Å²) in [7, 11) is 0. The number of nitrogens with zero attached hydrogens (tertiary/aromatic N) is 3. The SMILES string of the molecule is CCOC(=O)/C=C1\SCC(=O)N1CCSc1n[nH]c(-c2ccc(C)cc2)n1. The van der Waals surface area contributed by atoms with Gasteiger partial charge in [0.25, 0.3) is 0 Å². The number of carbonyl (C=O) groups excluding carboxylic acids is 2. The normalized spacial score (nSPS) is 15.6. The summed E-state index contributed by atoms with van der Waals surface area (Å²) in [5.74, 6) is 1.25. The van der Waals surface area contributed by atoms with Crippen molar-refractivity contribution in [3.63, 3.8) is 0 Å². The van der Waals surface area contributed by atoms with Gasteiger partial charge in [0, 0.05) is 17.9 Å². The summed E-state index contributed by atoms with van der Waals surface area (Å²) in [5, 5.41) is 8.42. The Morgan fingerprint density at radius 1 is 1.41 bits per heavy atom. The van der Waals surface area contributed by atoms with E-state index in [4.69, 9.17) is 4.74 Å². The molecule has 0 bridgehead atoms. The van der Waals surface area contributed by atoms with Crippen LogP contribution in [0.1, 0.15) is 12.5 Å². The van der Waals surface area contributed by atoms with Gasteiger partial charge in [0.05, 0.1) is 23.5 Å². The van der Waals surface area contributed by atoms with Gasteiger partial charge >= 0.3 is 5.97 Å². The summed E-state index contributed by atoms with van der Waals surface area (Å²) in [6.07, 6.45) is 1.38. The summed E-state index contributed by atoms with van der Waals surface area (Å²) in [6, 6.07) is 8.05. The molecule has 0 spiro atoms. The molecular weight excluding hydrogens is 384 g/mol. The lowest BCUT2D eigenvalue weighted by molar-refractivity contribution is -0.137. The van der Waals surface area contributed by atoms with Crippen LogP contribution in [-0.4, -0.2) is 56.6 Å². The maximum Gasteiger partial charge on any atom is 0.333 e. The summed E-state index contributed by atoms with van der Waals surface area (Å²) in [4.78, 5) is 29.8. The number of aryl methyl sites for hydroxylation is 1. The second-order valence-electron chi connectivity index (χ2n) is 5.75. The van der Waals surface area contributed by atoms with Crippen LogP contribution in [0.2, 0.25) is 0 Å². The molecule has 1 amide bonds. The van der Waals surface area contributed by atoms with Gasteiger partial charge < -0.3 is 9.64 Å². The number of carbonyl (C=O) groups is 2. The fourth-order valence-corrected chi connectivity index (χ4v) is 4.11. The van der Waals surface area contributed by atoms with Crippen LogP contribution >= 0.6 is 23.5 Å². The third-order valence-corrected chi connectivity index (χ3v) is 5.63. The predicted molar refractivity (Wildman–Crippen MR) is 106 cm³/mol. The van der Waals surface area contributed by atoms with Crippen LogP contribution in [0.3, 0.4) is 0 Å². The minimum absolute atomic E-state index is 0.00789. The Labute approximate surface area is 166 Å². The van der Waals surface area contributed by atoms with E-state index in [1.54, 1.807) is 11.8 Å². The molecule has 1 fully saturated rings. The molecule has 9 heteroatoms. The standard InChI is InChI=1S/C18H20N4O3S2/c1-3-25-16(24)10-15-22(14(23)11-27-15)8-9-26-18-19-17(20-21-18)13-6-4-12(2)5-7-13/h4-7,10H,3,8-9,11H2,1-2H3,(H,19,20,21)/b15-10-. The maximum absolute atomic E-state index is 12.0. The lowest BCUT2D eigenvalue weighted by Crippen LogP contribution is -2.27. The van der Waals surface area contributed by atoms with Crippen molar-refractivity contribution >= 4 is 35.4 Å². The van der Waals surface area contributed by atoms with Gasteiger partial charge in [-0.25, -0.2) is 9.78 Å². The molecule has 0 radical (unpaired) electrons. The number of nitrogens with one attached hydrogen (secondary N) is 1. The highest BCUT2D eigenvalue weighted by Crippen LogP contribution is 2.29. The number of hydrogen-bond donors (Lipinski definition) is 1. The van der Waals surface area contributed by atoms with Crippen molar-refractivity contribution in [3.8, 4) is 11.4 Å². The van der Waals surface area contributed by atoms with Crippen LogP contribution in [0, 0.1) is 6.92 Å². The Kier molecular flexibility index (Phi) is 6.57. The molecule has 1 aromatic heterocycles. The van der Waals surface area contributed by atoms with Gasteiger partial charge in [0.2, 0.25) is 11.1 Å². The molecule has 1 saturated heterocycles. The number of thioether (sulfide) groups is 2. The second kappa shape index (κ2) is 9.09. The summed E-state index contributed by atoms with van der Waals surface area (Å²) in [6.45, 7) is 4.58. The summed E-state index contributed by atoms with van der Waals surface area (Å²) < 4.78 is 4.92. The number of hydrogen-bond acceptors (Lipinski definition) is 7. The third-order valence-electron chi connectivity index (χ3n) is 3.77. The summed E-state index contributed by atoms with van der Waals surface area (Å²) >= 11 is 2.81. The van der Waals surface area contributed by atoms with Gasteiger partial charge in [0.15, 0.2) is 5.82 Å². The zero-order chi connectivity index (χ0) is 19.2. The number of ether oxygens (including phenoxy) is 1. The molecule has 0 unspecified atom stereocenters. The average Bonchev–Trinajstić information content (AvgIpc) is 3.24. The fraction of sp³-hybridized carbons (Fsp3) is 0.333. The molecule has 2 aromatic rings. The molecule has 7 nitrogen and oxygen atoms in total. The Balaban J connectivity index is 1.56. The zero-order valence-electron chi connectivity index (χ0n) is 15.1. The Bertz CT molecular complexity index is 849. The molecule has 0 aliphatic carbocycles. The first-order chi connectivity index (χ1) is 13.1. The number of esters is 1. The van der Waals surface area contributed by atoms with Gasteiger partial charge in [-0.2, -0.15) is 0 Å². The highest BCUT2D eigenvalue weighted by atomic mass is 32.2. The van der Waals surface area contributed by atoms with Gasteiger partial charge in [-0.05, 0) is 13.8 Å². The molecule has 1 N–H and O–H groups in total. The van der Waals surface area contributed by atoms with Gasteiger partial charge in [0.1, 0.15) is 0 Å². The van der Waals surface area contributed by atoms with Crippen LogP contribution in [0.15, 0.2) is 40.5 Å². The van der Waals surface area contributed by atoms with Gasteiger partial charge in [-0.1, -0.05) is 53.4 Å². The van der Waals surface area contributed by atoms with E-state index in [-0.39, 0.29) is 5.91 Å². The van der Waals surface area contributed by atoms with E-state index in [0.717, 1.165) is 5.56 Å². The van der Waals surface area contributed by atoms with Crippen molar-refractivity contribution in [1.82, 2.24) is 20.1 Å². The van der Waals surface area contributed by atoms with Crippen molar-refractivity contribution in [2.75, 3.05) is 24.7 Å². The highest BCUT2D eigenvalue weighted by molar-refractivity contribution is 8.04. The quantitative estimate of drug-likeness (QED) is 0.431. The van der Waals surface area contributed by atoms with Crippen LogP contribution in [0.5, 0.6) is 0 Å². The van der Waals surface area contributed by atoms with Gasteiger partial charge in [-0.15, -0.1) is 5.10 Å². The first-order valence-corrected chi connectivity index (χ1v) is 10.5. The van der Waals surface area contributed by atoms with E-state index in [0.29, 0.717) is 40.7 Å². The first kappa shape index (κ1) is 19.5. The average molecular weight is 405 g/mol. The molecule has 2 heterocycles. The molecule has 1 aliphatic rings. The topological polar surface area (TPSA) is 88.2 Å². The molecule has 1 aliphatic heterocycles. The zero-order valence-corrected chi connectivity index (χ0v) is 16.7. The molecule has 0 atom stereocenters. The molecule has 0 saturated carbocycles. The van der Waals surface area contributed by atoms with Crippen LogP contribution in [0.25, 0.3) is 11.4 Å². The second-order valence-corrected chi connectivity index (χ2v) is 7.81. The number of aromatic nitrogens is 3. The van der Waals surface area contributed by atoms with E-state index in [1.807, 2.05) is 31.2 Å². The Morgan fingerprint density at radius 2 is 2.19 bits per heavy atom. The lowest BCUT2D eigenvalue weighted by atomic mass is 10.1. The number of amides is 1. The lowest BCUT2D eigenvalue weighted by Gasteiger charge is -2.15. The predicted octanol–water partition coefficient (Wildman–Crippen LogP) is 2.85. The number of benzene rings is 1.